The molecule has 132 valence electrons. The summed E-state index contributed by atoms with van der Waals surface area (Å²) in [5.74, 6) is -0.162. The Balaban J connectivity index is 1.48. The number of hydrogen-bond donors (Lipinski definition) is 1. The Hall–Kier alpha value is -2.76. The molecule has 1 amide bonds. The van der Waals surface area contributed by atoms with Crippen molar-refractivity contribution in [3.8, 4) is 22.4 Å². The van der Waals surface area contributed by atoms with Crippen LogP contribution in [0.3, 0.4) is 0 Å². The molecule has 0 aliphatic rings. The van der Waals surface area contributed by atoms with Crippen LogP contribution in [0.2, 0.25) is 0 Å². The van der Waals surface area contributed by atoms with Crippen LogP contribution < -0.4 is 5.32 Å². The second kappa shape index (κ2) is 7.86. The van der Waals surface area contributed by atoms with Crippen LogP contribution in [0.25, 0.3) is 22.4 Å². The summed E-state index contributed by atoms with van der Waals surface area (Å²) < 4.78 is 0.997. The molecule has 1 aromatic heterocycles. The first-order valence-electron chi connectivity index (χ1n) is 8.37. The molecule has 0 fully saturated rings. The fourth-order valence-corrected chi connectivity index (χ4v) is 3.84. The smallest absolute Gasteiger partial charge is 0.257 e. The van der Waals surface area contributed by atoms with Gasteiger partial charge in [0.2, 0.25) is 0 Å². The van der Waals surface area contributed by atoms with E-state index in [9.17, 15) is 4.79 Å². The fraction of sp³-hybridized carbons (Fsp3) is 0. The van der Waals surface area contributed by atoms with E-state index in [2.05, 4.69) is 26.2 Å². The molecule has 3 nitrogen and oxygen atoms in total. The first-order chi connectivity index (χ1) is 13.2. The summed E-state index contributed by atoms with van der Waals surface area (Å²) in [6, 6.07) is 25.6. The molecule has 4 aromatic rings. The first-order valence-corrected chi connectivity index (χ1v) is 10.0. The summed E-state index contributed by atoms with van der Waals surface area (Å²) >= 11 is 4.88. The maximum absolute atomic E-state index is 12.5. The van der Waals surface area contributed by atoms with Crippen molar-refractivity contribution in [1.29, 1.82) is 0 Å². The van der Waals surface area contributed by atoms with Crippen LogP contribution in [0.1, 0.15) is 10.4 Å². The zero-order valence-corrected chi connectivity index (χ0v) is 16.6. The van der Waals surface area contributed by atoms with Gasteiger partial charge in [0.15, 0.2) is 5.13 Å². The van der Waals surface area contributed by atoms with Gasteiger partial charge >= 0.3 is 0 Å². The highest BCUT2D eigenvalue weighted by Gasteiger charge is 2.10. The van der Waals surface area contributed by atoms with Gasteiger partial charge in [0.25, 0.3) is 5.91 Å². The van der Waals surface area contributed by atoms with E-state index in [4.69, 9.17) is 0 Å². The normalized spacial score (nSPS) is 10.6. The van der Waals surface area contributed by atoms with Gasteiger partial charge in [-0.05, 0) is 35.4 Å². The molecule has 0 saturated carbocycles. The molecule has 0 radical (unpaired) electrons. The van der Waals surface area contributed by atoms with Gasteiger partial charge in [-0.1, -0.05) is 70.5 Å². The van der Waals surface area contributed by atoms with Crippen LogP contribution in [0.4, 0.5) is 5.13 Å². The van der Waals surface area contributed by atoms with E-state index in [0.717, 1.165) is 26.9 Å². The Kier molecular flexibility index (Phi) is 5.14. The number of hydrogen-bond acceptors (Lipinski definition) is 3. The second-order valence-electron chi connectivity index (χ2n) is 5.95. The maximum atomic E-state index is 12.5. The Bertz CT molecular complexity index is 1070. The zero-order chi connectivity index (χ0) is 18.6. The van der Waals surface area contributed by atoms with Crippen molar-refractivity contribution >= 4 is 38.3 Å². The summed E-state index contributed by atoms with van der Waals surface area (Å²) in [5.41, 5.74) is 4.67. The molecule has 27 heavy (non-hydrogen) atoms. The molecule has 1 heterocycles. The quantitative estimate of drug-likeness (QED) is 0.398. The number of benzene rings is 3. The van der Waals surface area contributed by atoms with Crippen molar-refractivity contribution in [2.45, 2.75) is 0 Å². The van der Waals surface area contributed by atoms with Gasteiger partial charge in [-0.2, -0.15) is 0 Å². The third kappa shape index (κ3) is 4.15. The van der Waals surface area contributed by atoms with Crippen molar-refractivity contribution in [1.82, 2.24) is 4.98 Å². The summed E-state index contributed by atoms with van der Waals surface area (Å²) in [4.78, 5) is 17.0. The highest BCUT2D eigenvalue weighted by Crippen LogP contribution is 2.27. The molecule has 4 rings (SSSR count). The minimum Gasteiger partial charge on any atom is -0.298 e. The minimum absolute atomic E-state index is 0.162. The van der Waals surface area contributed by atoms with Crippen molar-refractivity contribution in [2.24, 2.45) is 0 Å². The fourth-order valence-electron chi connectivity index (χ4n) is 2.73. The third-order valence-corrected chi connectivity index (χ3v) is 5.35. The van der Waals surface area contributed by atoms with E-state index in [1.54, 1.807) is 0 Å². The van der Waals surface area contributed by atoms with Crippen LogP contribution in [0.15, 0.2) is 88.7 Å². The molecule has 3 aromatic carbocycles. The third-order valence-electron chi connectivity index (χ3n) is 4.10. The van der Waals surface area contributed by atoms with Crippen molar-refractivity contribution in [3.05, 3.63) is 94.3 Å². The van der Waals surface area contributed by atoms with Crippen LogP contribution >= 0.6 is 27.3 Å². The predicted molar refractivity (Wildman–Crippen MR) is 115 cm³/mol. The summed E-state index contributed by atoms with van der Waals surface area (Å²) in [7, 11) is 0. The average molecular weight is 435 g/mol. The molecule has 1 N–H and O–H groups in total. The van der Waals surface area contributed by atoms with Gasteiger partial charge in [-0.15, -0.1) is 11.3 Å². The van der Waals surface area contributed by atoms with Crippen molar-refractivity contribution < 1.29 is 4.79 Å². The number of carbonyl (C=O) groups excluding carboxylic acids is 1. The lowest BCUT2D eigenvalue weighted by Crippen LogP contribution is -2.11. The molecule has 0 atom stereocenters. The lowest BCUT2D eigenvalue weighted by Gasteiger charge is -2.04. The Morgan fingerprint density at radius 2 is 1.56 bits per heavy atom. The second-order valence-corrected chi connectivity index (χ2v) is 7.72. The number of nitrogens with one attached hydrogen (secondary N) is 1. The number of halogens is 1. The monoisotopic (exact) mass is 434 g/mol. The molecule has 5 heteroatoms. The molecular formula is C22H15BrN2OS. The summed E-state index contributed by atoms with van der Waals surface area (Å²) in [6.07, 6.45) is 0. The average Bonchev–Trinajstić information content (AvgIpc) is 3.17. The largest absolute Gasteiger partial charge is 0.298 e. The number of carbonyl (C=O) groups is 1. The van der Waals surface area contributed by atoms with Crippen molar-refractivity contribution in [2.75, 3.05) is 5.32 Å². The maximum Gasteiger partial charge on any atom is 0.257 e. The van der Waals surface area contributed by atoms with Gasteiger partial charge in [0, 0.05) is 21.0 Å². The lowest BCUT2D eigenvalue weighted by atomic mass is 10.0. The number of amides is 1. The number of anilines is 1. The number of aromatic nitrogens is 1. The molecule has 0 aliphatic carbocycles. The van der Waals surface area contributed by atoms with E-state index in [-0.39, 0.29) is 5.91 Å². The highest BCUT2D eigenvalue weighted by molar-refractivity contribution is 9.10. The molecule has 0 saturated heterocycles. The summed E-state index contributed by atoms with van der Waals surface area (Å²) in [6.45, 7) is 0. The lowest BCUT2D eigenvalue weighted by molar-refractivity contribution is 0.102. The minimum atomic E-state index is -0.162. The Morgan fingerprint density at radius 3 is 2.30 bits per heavy atom. The zero-order valence-electron chi connectivity index (χ0n) is 14.2. The number of thiazole rings is 1. The van der Waals surface area contributed by atoms with E-state index in [1.807, 2.05) is 84.2 Å². The molecular weight excluding hydrogens is 420 g/mol. The van der Waals surface area contributed by atoms with Gasteiger partial charge in [-0.25, -0.2) is 4.98 Å². The molecule has 0 aliphatic heterocycles. The molecule has 0 spiro atoms. The topological polar surface area (TPSA) is 42.0 Å². The van der Waals surface area contributed by atoms with Crippen LogP contribution in [0.5, 0.6) is 0 Å². The van der Waals surface area contributed by atoms with Crippen molar-refractivity contribution in [3.63, 3.8) is 0 Å². The first kappa shape index (κ1) is 17.6. The van der Waals surface area contributed by atoms with Crippen LogP contribution in [-0.4, -0.2) is 10.9 Å². The number of nitrogens with zero attached hydrogens (tertiary/aromatic N) is 1. The van der Waals surface area contributed by atoms with Crippen LogP contribution in [-0.2, 0) is 0 Å². The van der Waals surface area contributed by atoms with E-state index >= 15 is 0 Å². The van der Waals surface area contributed by atoms with E-state index < -0.39 is 0 Å². The van der Waals surface area contributed by atoms with Gasteiger partial charge in [0.05, 0.1) is 5.69 Å². The van der Waals surface area contributed by atoms with E-state index in [0.29, 0.717) is 10.7 Å². The molecule has 0 unspecified atom stereocenters. The van der Waals surface area contributed by atoms with Crippen LogP contribution in [0, 0.1) is 0 Å². The van der Waals surface area contributed by atoms with Gasteiger partial charge in [0.1, 0.15) is 0 Å². The number of rotatable bonds is 4. The SMILES string of the molecule is O=C(Nc1nc(-c2cccc(Br)c2)cs1)c1ccc(-c2ccccc2)cc1. The Labute approximate surface area is 169 Å². The van der Waals surface area contributed by atoms with E-state index in [1.165, 1.54) is 11.3 Å². The highest BCUT2D eigenvalue weighted by atomic mass is 79.9. The Morgan fingerprint density at radius 1 is 0.852 bits per heavy atom. The van der Waals surface area contributed by atoms with Gasteiger partial charge in [-0.3, -0.25) is 10.1 Å². The summed E-state index contributed by atoms with van der Waals surface area (Å²) in [5, 5.41) is 5.40. The van der Waals surface area contributed by atoms with Gasteiger partial charge < -0.3 is 0 Å². The standard InChI is InChI=1S/C22H15BrN2OS/c23-19-8-4-7-18(13-19)20-14-27-22(24-20)25-21(26)17-11-9-16(10-12-17)15-5-2-1-3-6-15/h1-14H,(H,24,25,26). The predicted octanol–water partition coefficient (Wildman–Crippen LogP) is 6.49. The molecule has 0 bridgehead atoms.